The fourth-order valence-electron chi connectivity index (χ4n) is 1.75. The van der Waals surface area contributed by atoms with E-state index in [0.717, 1.165) is 17.0 Å². The van der Waals surface area contributed by atoms with E-state index in [0.29, 0.717) is 5.56 Å². The van der Waals surface area contributed by atoms with Crippen LogP contribution in [0.3, 0.4) is 0 Å². The van der Waals surface area contributed by atoms with E-state index in [9.17, 15) is 18.0 Å². The van der Waals surface area contributed by atoms with Crippen LogP contribution >= 0.6 is 11.8 Å². The Morgan fingerprint density at radius 3 is 2.09 bits per heavy atom. The topological polar surface area (TPSA) is 35.5 Å². The van der Waals surface area contributed by atoms with Gasteiger partial charge in [0.05, 0.1) is 0 Å². The summed E-state index contributed by atoms with van der Waals surface area (Å²) in [4.78, 5) is 13.0. The standard InChI is InChI=1S/C16H13F3O3S/c1-23-14-8-2-11(3-9-14)15(20)10-21-12-4-6-13(7-5-12)22-16(17,18)19/h2-9H,10H2,1H3. The molecule has 0 bridgehead atoms. The van der Waals surface area contributed by atoms with Gasteiger partial charge in [0, 0.05) is 10.5 Å². The van der Waals surface area contributed by atoms with Crippen LogP contribution in [0.5, 0.6) is 11.5 Å². The van der Waals surface area contributed by atoms with Crippen LogP contribution in [0.2, 0.25) is 0 Å². The van der Waals surface area contributed by atoms with Gasteiger partial charge in [0.15, 0.2) is 12.4 Å². The molecule has 0 saturated heterocycles. The van der Waals surface area contributed by atoms with E-state index >= 15 is 0 Å². The number of carbonyl (C=O) groups is 1. The highest BCUT2D eigenvalue weighted by Gasteiger charge is 2.30. The van der Waals surface area contributed by atoms with Gasteiger partial charge in [0.25, 0.3) is 0 Å². The summed E-state index contributed by atoms with van der Waals surface area (Å²) < 4.78 is 45.1. The Balaban J connectivity index is 1.91. The molecule has 7 heteroatoms. The second kappa shape index (κ2) is 7.41. The maximum atomic E-state index is 12.0. The van der Waals surface area contributed by atoms with Gasteiger partial charge in [-0.3, -0.25) is 4.79 Å². The number of benzene rings is 2. The molecule has 0 aromatic heterocycles. The zero-order valence-electron chi connectivity index (χ0n) is 12.1. The van der Waals surface area contributed by atoms with Gasteiger partial charge < -0.3 is 9.47 Å². The molecule has 0 radical (unpaired) electrons. The van der Waals surface area contributed by atoms with Gasteiger partial charge >= 0.3 is 6.36 Å². The van der Waals surface area contributed by atoms with Crippen molar-refractivity contribution < 1.29 is 27.4 Å². The summed E-state index contributed by atoms with van der Waals surface area (Å²) in [7, 11) is 0. The minimum absolute atomic E-state index is 0.196. The van der Waals surface area contributed by atoms with Crippen LogP contribution < -0.4 is 9.47 Å². The number of Topliss-reactive ketones (excluding diaryl/α,β-unsaturated/α-hetero) is 1. The van der Waals surface area contributed by atoms with Crippen molar-refractivity contribution in [2.45, 2.75) is 11.3 Å². The second-order valence-corrected chi connectivity index (χ2v) is 5.34. The molecule has 0 N–H and O–H groups in total. The maximum absolute atomic E-state index is 12.0. The number of rotatable bonds is 6. The lowest BCUT2D eigenvalue weighted by Crippen LogP contribution is -2.17. The zero-order valence-corrected chi connectivity index (χ0v) is 12.9. The molecule has 2 rings (SSSR count). The first kappa shape index (κ1) is 17.2. The van der Waals surface area contributed by atoms with Gasteiger partial charge in [-0.1, -0.05) is 12.1 Å². The van der Waals surface area contributed by atoms with Crippen LogP contribution in [0.4, 0.5) is 13.2 Å². The molecule has 0 unspecified atom stereocenters. The average Bonchev–Trinajstić information content (AvgIpc) is 2.52. The summed E-state index contributed by atoms with van der Waals surface area (Å²) in [5, 5.41) is 0. The third-order valence-corrected chi connectivity index (χ3v) is 3.58. The van der Waals surface area contributed by atoms with E-state index in [1.165, 1.54) is 12.1 Å². The van der Waals surface area contributed by atoms with Crippen molar-refractivity contribution in [2.75, 3.05) is 12.9 Å². The second-order valence-electron chi connectivity index (χ2n) is 4.46. The summed E-state index contributed by atoms with van der Waals surface area (Å²) in [6.45, 7) is -0.196. The van der Waals surface area contributed by atoms with Gasteiger partial charge in [-0.15, -0.1) is 24.9 Å². The third kappa shape index (κ3) is 5.52. The first-order chi connectivity index (χ1) is 10.9. The summed E-state index contributed by atoms with van der Waals surface area (Å²) in [6.07, 6.45) is -2.80. The lowest BCUT2D eigenvalue weighted by molar-refractivity contribution is -0.274. The number of alkyl halides is 3. The molecule has 0 aliphatic rings. The molecular weight excluding hydrogens is 329 g/mol. The molecule has 23 heavy (non-hydrogen) atoms. The Bertz CT molecular complexity index is 652. The number of halogens is 3. The molecule has 0 saturated carbocycles. The zero-order chi connectivity index (χ0) is 16.9. The summed E-state index contributed by atoms with van der Waals surface area (Å²) >= 11 is 1.57. The molecule has 122 valence electrons. The summed E-state index contributed by atoms with van der Waals surface area (Å²) in [6, 6.07) is 12.0. The fraction of sp³-hybridized carbons (Fsp3) is 0.188. The van der Waals surface area contributed by atoms with E-state index in [1.807, 2.05) is 18.4 Å². The highest BCUT2D eigenvalue weighted by molar-refractivity contribution is 7.98. The molecule has 0 atom stereocenters. The van der Waals surface area contributed by atoms with E-state index in [4.69, 9.17) is 4.74 Å². The molecule has 0 aliphatic carbocycles. The molecular formula is C16H13F3O3S. The Hall–Kier alpha value is -2.15. The fourth-order valence-corrected chi connectivity index (χ4v) is 2.15. The molecule has 2 aromatic carbocycles. The molecule has 0 fully saturated rings. The van der Waals surface area contributed by atoms with Gasteiger partial charge in [0.2, 0.25) is 0 Å². The van der Waals surface area contributed by atoms with Crippen molar-refractivity contribution in [2.24, 2.45) is 0 Å². The molecule has 2 aromatic rings. The third-order valence-electron chi connectivity index (χ3n) is 2.84. The van der Waals surface area contributed by atoms with E-state index in [1.54, 1.807) is 23.9 Å². The minimum atomic E-state index is -4.73. The van der Waals surface area contributed by atoms with Crippen LogP contribution in [0.1, 0.15) is 10.4 Å². The Kier molecular flexibility index (Phi) is 5.54. The molecule has 0 aliphatic heterocycles. The first-order valence-corrected chi connectivity index (χ1v) is 7.76. The van der Waals surface area contributed by atoms with Crippen LogP contribution in [0.25, 0.3) is 0 Å². The van der Waals surface area contributed by atoms with Crippen LogP contribution in [0, 0.1) is 0 Å². The van der Waals surface area contributed by atoms with Crippen LogP contribution in [0.15, 0.2) is 53.4 Å². The van der Waals surface area contributed by atoms with Crippen LogP contribution in [-0.4, -0.2) is 25.0 Å². The van der Waals surface area contributed by atoms with E-state index < -0.39 is 6.36 Å². The molecule has 3 nitrogen and oxygen atoms in total. The maximum Gasteiger partial charge on any atom is 0.573 e. The van der Waals surface area contributed by atoms with Crippen molar-refractivity contribution in [1.82, 2.24) is 0 Å². The quantitative estimate of drug-likeness (QED) is 0.569. The number of carbonyl (C=O) groups excluding carboxylic acids is 1. The number of hydrogen-bond acceptors (Lipinski definition) is 4. The highest BCUT2D eigenvalue weighted by atomic mass is 32.2. The lowest BCUT2D eigenvalue weighted by atomic mass is 10.1. The minimum Gasteiger partial charge on any atom is -0.485 e. The number of ketones is 1. The Labute approximate surface area is 135 Å². The smallest absolute Gasteiger partial charge is 0.485 e. The predicted molar refractivity (Wildman–Crippen MR) is 81.2 cm³/mol. The molecule has 0 amide bonds. The molecule has 0 spiro atoms. The van der Waals surface area contributed by atoms with E-state index in [-0.39, 0.29) is 23.9 Å². The Morgan fingerprint density at radius 1 is 1.00 bits per heavy atom. The highest BCUT2D eigenvalue weighted by Crippen LogP contribution is 2.24. The van der Waals surface area contributed by atoms with Gasteiger partial charge in [-0.25, -0.2) is 0 Å². The lowest BCUT2D eigenvalue weighted by Gasteiger charge is -2.10. The number of thioether (sulfide) groups is 1. The SMILES string of the molecule is CSc1ccc(C(=O)COc2ccc(OC(F)(F)F)cc2)cc1. The van der Waals surface area contributed by atoms with Crippen molar-refractivity contribution in [3.8, 4) is 11.5 Å². The van der Waals surface area contributed by atoms with Crippen molar-refractivity contribution in [1.29, 1.82) is 0 Å². The van der Waals surface area contributed by atoms with Gasteiger partial charge in [-0.05, 0) is 42.7 Å². The first-order valence-electron chi connectivity index (χ1n) is 6.53. The molecule has 0 heterocycles. The monoisotopic (exact) mass is 342 g/mol. The Morgan fingerprint density at radius 2 is 1.57 bits per heavy atom. The van der Waals surface area contributed by atoms with Crippen molar-refractivity contribution >= 4 is 17.5 Å². The van der Waals surface area contributed by atoms with Crippen LogP contribution in [-0.2, 0) is 0 Å². The predicted octanol–water partition coefficient (Wildman–Crippen LogP) is 4.57. The number of ether oxygens (including phenoxy) is 2. The van der Waals surface area contributed by atoms with Crippen molar-refractivity contribution in [3.05, 3.63) is 54.1 Å². The van der Waals surface area contributed by atoms with Crippen molar-refractivity contribution in [3.63, 3.8) is 0 Å². The summed E-state index contributed by atoms with van der Waals surface area (Å²) in [5.74, 6) is -0.272. The summed E-state index contributed by atoms with van der Waals surface area (Å²) in [5.41, 5.74) is 0.514. The van der Waals surface area contributed by atoms with Gasteiger partial charge in [-0.2, -0.15) is 0 Å². The van der Waals surface area contributed by atoms with Gasteiger partial charge in [0.1, 0.15) is 11.5 Å². The normalized spacial score (nSPS) is 11.1. The van der Waals surface area contributed by atoms with E-state index in [2.05, 4.69) is 4.74 Å². The number of hydrogen-bond donors (Lipinski definition) is 0. The average molecular weight is 342 g/mol. The largest absolute Gasteiger partial charge is 0.573 e.